The number of likely N-dealkylation sites (N-methyl/N-ethyl adjacent to an activating group) is 1. The Bertz CT molecular complexity index is 856. The van der Waals surface area contributed by atoms with Crippen LogP contribution in [0, 0.1) is 6.92 Å². The molecule has 0 unspecified atom stereocenters. The van der Waals surface area contributed by atoms with Gasteiger partial charge in [0, 0.05) is 50.9 Å². The van der Waals surface area contributed by atoms with Crippen LogP contribution in [0.1, 0.15) is 49.6 Å². The minimum Gasteiger partial charge on any atom is -0.355 e. The molecule has 30 heavy (non-hydrogen) atoms. The summed E-state index contributed by atoms with van der Waals surface area (Å²) in [7, 11) is 0. The standard InChI is InChI=1S/C24H34N4O2/c1-4-26(5-2)16-14-25-22(29)12-13-23(30)28-18-17-27-15-8-11-21(27)24(28)20-10-7-6-9-19(20)3/h6-11,15,24H,4-5,12-14,16-18H2,1-3H3,(H,25,29)/t24-/m1/s1. The largest absolute Gasteiger partial charge is 0.355 e. The third-order valence-electron chi connectivity index (χ3n) is 6.05. The van der Waals surface area contributed by atoms with Crippen LogP contribution < -0.4 is 5.32 Å². The monoisotopic (exact) mass is 410 g/mol. The van der Waals surface area contributed by atoms with E-state index in [1.54, 1.807) is 0 Å². The van der Waals surface area contributed by atoms with Gasteiger partial charge in [-0.05, 0) is 43.3 Å². The number of carbonyl (C=O) groups excluding carboxylic acids is 2. The maximum Gasteiger partial charge on any atom is 0.223 e. The minimum atomic E-state index is -0.104. The highest BCUT2D eigenvalue weighted by Gasteiger charge is 2.32. The molecule has 1 atom stereocenters. The van der Waals surface area contributed by atoms with Crippen LogP contribution >= 0.6 is 0 Å². The SMILES string of the molecule is CCN(CC)CCNC(=O)CCC(=O)N1CCn2cccc2[C@H]1c1ccccc1C. The second-order valence-corrected chi connectivity index (χ2v) is 7.85. The van der Waals surface area contributed by atoms with E-state index < -0.39 is 0 Å². The molecule has 0 aliphatic carbocycles. The lowest BCUT2D eigenvalue weighted by atomic mass is 9.95. The van der Waals surface area contributed by atoms with Gasteiger partial charge in [0.15, 0.2) is 0 Å². The van der Waals surface area contributed by atoms with E-state index in [1.165, 1.54) is 5.56 Å². The fraction of sp³-hybridized carbons (Fsp3) is 0.500. The molecule has 0 radical (unpaired) electrons. The highest BCUT2D eigenvalue weighted by atomic mass is 16.2. The number of carbonyl (C=O) groups is 2. The molecule has 1 aromatic heterocycles. The van der Waals surface area contributed by atoms with Crippen molar-refractivity contribution in [3.63, 3.8) is 0 Å². The van der Waals surface area contributed by atoms with E-state index in [4.69, 9.17) is 0 Å². The number of rotatable bonds is 9. The lowest BCUT2D eigenvalue weighted by Crippen LogP contribution is -2.43. The summed E-state index contributed by atoms with van der Waals surface area (Å²) in [4.78, 5) is 29.6. The first-order chi connectivity index (χ1) is 14.5. The molecule has 2 heterocycles. The Kier molecular flexibility index (Phi) is 7.69. The first-order valence-electron chi connectivity index (χ1n) is 11.0. The van der Waals surface area contributed by atoms with Crippen molar-refractivity contribution in [2.75, 3.05) is 32.7 Å². The molecule has 2 aromatic rings. The molecule has 6 heteroatoms. The average molecular weight is 411 g/mol. The number of hydrogen-bond donors (Lipinski definition) is 1. The van der Waals surface area contributed by atoms with Crippen LogP contribution in [0.4, 0.5) is 0 Å². The Hall–Kier alpha value is -2.60. The second kappa shape index (κ2) is 10.4. The second-order valence-electron chi connectivity index (χ2n) is 7.85. The van der Waals surface area contributed by atoms with E-state index in [2.05, 4.69) is 60.0 Å². The minimum absolute atomic E-state index is 0.0367. The molecule has 2 amide bonds. The smallest absolute Gasteiger partial charge is 0.223 e. The van der Waals surface area contributed by atoms with Crippen LogP contribution in [0.3, 0.4) is 0 Å². The fourth-order valence-electron chi connectivity index (χ4n) is 4.22. The summed E-state index contributed by atoms with van der Waals surface area (Å²) in [5, 5.41) is 2.95. The molecule has 162 valence electrons. The van der Waals surface area contributed by atoms with E-state index >= 15 is 0 Å². The predicted molar refractivity (Wildman–Crippen MR) is 119 cm³/mol. The molecule has 1 N–H and O–H groups in total. The van der Waals surface area contributed by atoms with Crippen molar-refractivity contribution in [3.05, 3.63) is 59.4 Å². The molecular formula is C24H34N4O2. The normalized spacial score (nSPS) is 15.9. The third-order valence-corrected chi connectivity index (χ3v) is 6.05. The fourth-order valence-corrected chi connectivity index (χ4v) is 4.22. The Balaban J connectivity index is 1.63. The van der Waals surface area contributed by atoms with Gasteiger partial charge in [0.1, 0.15) is 0 Å². The molecule has 1 aromatic carbocycles. The summed E-state index contributed by atoms with van der Waals surface area (Å²) in [6.45, 7) is 11.2. The van der Waals surface area contributed by atoms with Crippen molar-refractivity contribution in [2.45, 2.75) is 46.2 Å². The molecule has 0 fully saturated rings. The van der Waals surface area contributed by atoms with Gasteiger partial charge in [-0.3, -0.25) is 9.59 Å². The first kappa shape index (κ1) is 22.1. The van der Waals surface area contributed by atoms with Crippen molar-refractivity contribution < 1.29 is 9.59 Å². The molecular weight excluding hydrogens is 376 g/mol. The summed E-state index contributed by atoms with van der Waals surface area (Å²) in [6, 6.07) is 12.3. The van der Waals surface area contributed by atoms with Gasteiger partial charge in [-0.2, -0.15) is 0 Å². The zero-order valence-electron chi connectivity index (χ0n) is 18.4. The quantitative estimate of drug-likeness (QED) is 0.691. The van der Waals surface area contributed by atoms with Gasteiger partial charge in [0.2, 0.25) is 11.8 Å². The van der Waals surface area contributed by atoms with Crippen LogP contribution in [0.15, 0.2) is 42.6 Å². The van der Waals surface area contributed by atoms with E-state index in [1.807, 2.05) is 23.1 Å². The zero-order chi connectivity index (χ0) is 21.5. The summed E-state index contributed by atoms with van der Waals surface area (Å²) in [5.41, 5.74) is 3.45. The number of nitrogens with zero attached hydrogens (tertiary/aromatic N) is 3. The molecule has 3 rings (SSSR count). The molecule has 0 saturated carbocycles. The van der Waals surface area contributed by atoms with Crippen LogP contribution in [0.5, 0.6) is 0 Å². The maximum absolute atomic E-state index is 13.1. The summed E-state index contributed by atoms with van der Waals surface area (Å²) in [6.07, 6.45) is 2.54. The van der Waals surface area contributed by atoms with Crippen LogP contribution in [-0.4, -0.2) is 58.9 Å². The van der Waals surface area contributed by atoms with Gasteiger partial charge in [-0.15, -0.1) is 0 Å². The Labute approximate surface area is 179 Å². The topological polar surface area (TPSA) is 57.6 Å². The van der Waals surface area contributed by atoms with Crippen LogP contribution in [0.25, 0.3) is 0 Å². The lowest BCUT2D eigenvalue weighted by Gasteiger charge is -2.38. The summed E-state index contributed by atoms with van der Waals surface area (Å²) < 4.78 is 2.22. The van der Waals surface area contributed by atoms with Crippen molar-refractivity contribution in [2.24, 2.45) is 0 Å². The van der Waals surface area contributed by atoms with Crippen LogP contribution in [-0.2, 0) is 16.1 Å². The number of aryl methyl sites for hydroxylation is 1. The lowest BCUT2D eigenvalue weighted by molar-refractivity contribution is -0.136. The first-order valence-corrected chi connectivity index (χ1v) is 11.0. The Morgan fingerprint density at radius 3 is 2.57 bits per heavy atom. The molecule has 1 aliphatic rings. The zero-order valence-corrected chi connectivity index (χ0v) is 18.4. The van der Waals surface area contributed by atoms with Crippen LogP contribution in [0.2, 0.25) is 0 Å². The molecule has 6 nitrogen and oxygen atoms in total. The highest BCUT2D eigenvalue weighted by Crippen LogP contribution is 2.34. The molecule has 1 aliphatic heterocycles. The van der Waals surface area contributed by atoms with Gasteiger partial charge in [0.25, 0.3) is 0 Å². The summed E-state index contributed by atoms with van der Waals surface area (Å²) >= 11 is 0. The predicted octanol–water partition coefficient (Wildman–Crippen LogP) is 2.97. The number of nitrogens with one attached hydrogen (secondary N) is 1. The number of fused-ring (bicyclic) bond motifs is 1. The number of benzene rings is 1. The van der Waals surface area contributed by atoms with Crippen molar-refractivity contribution >= 4 is 11.8 Å². The number of amides is 2. The average Bonchev–Trinajstić information content (AvgIpc) is 3.24. The molecule has 0 bridgehead atoms. The van der Waals surface area contributed by atoms with Gasteiger partial charge >= 0.3 is 0 Å². The third kappa shape index (κ3) is 5.11. The van der Waals surface area contributed by atoms with E-state index in [9.17, 15) is 9.59 Å². The highest BCUT2D eigenvalue weighted by molar-refractivity contribution is 5.84. The van der Waals surface area contributed by atoms with Gasteiger partial charge in [-0.25, -0.2) is 0 Å². The summed E-state index contributed by atoms with van der Waals surface area (Å²) in [5.74, 6) is -0.0158. The van der Waals surface area contributed by atoms with Gasteiger partial charge < -0.3 is 19.7 Å². The maximum atomic E-state index is 13.1. The molecule has 0 saturated heterocycles. The Morgan fingerprint density at radius 1 is 1.07 bits per heavy atom. The van der Waals surface area contributed by atoms with Gasteiger partial charge in [-0.1, -0.05) is 38.1 Å². The van der Waals surface area contributed by atoms with E-state index in [0.29, 0.717) is 13.1 Å². The van der Waals surface area contributed by atoms with Crippen molar-refractivity contribution in [1.82, 2.24) is 19.7 Å². The Morgan fingerprint density at radius 2 is 1.83 bits per heavy atom. The number of aromatic nitrogens is 1. The molecule has 0 spiro atoms. The van der Waals surface area contributed by atoms with E-state index in [-0.39, 0.29) is 30.7 Å². The number of hydrogen-bond acceptors (Lipinski definition) is 3. The van der Waals surface area contributed by atoms with Crippen molar-refractivity contribution in [1.29, 1.82) is 0 Å². The van der Waals surface area contributed by atoms with Crippen molar-refractivity contribution in [3.8, 4) is 0 Å². The van der Waals surface area contributed by atoms with Gasteiger partial charge in [0.05, 0.1) is 6.04 Å². The van der Waals surface area contributed by atoms with E-state index in [0.717, 1.165) is 37.4 Å².